The molecule has 1 aromatic heterocycles. The van der Waals surface area contributed by atoms with Gasteiger partial charge < -0.3 is 29.4 Å². The zero-order valence-electron chi connectivity index (χ0n) is 22.4. The number of amides is 2. The number of carbonyl (C=O) groups excluding carboxylic acids is 2. The van der Waals surface area contributed by atoms with Crippen molar-refractivity contribution in [2.75, 3.05) is 26.8 Å². The predicted octanol–water partition coefficient (Wildman–Crippen LogP) is 2.65. The number of imidazole rings is 1. The van der Waals surface area contributed by atoms with Gasteiger partial charge in [-0.2, -0.15) is 0 Å². The molecule has 0 aliphatic carbocycles. The summed E-state index contributed by atoms with van der Waals surface area (Å²) < 4.78 is 19.6. The number of benzene rings is 3. The third-order valence-corrected chi connectivity index (χ3v) is 7.39. The first-order valence-corrected chi connectivity index (χ1v) is 13.2. The van der Waals surface area contributed by atoms with Crippen LogP contribution in [0.15, 0.2) is 66.7 Å². The maximum Gasteiger partial charge on any atom is 0.258 e. The minimum absolute atomic E-state index is 0.204. The molecule has 10 nitrogen and oxygen atoms in total. The summed E-state index contributed by atoms with van der Waals surface area (Å²) in [7, 11) is 3.54. The van der Waals surface area contributed by atoms with E-state index in [1.165, 1.54) is 7.11 Å². The fraction of sp³-hybridized carbons (Fsp3) is 0.300. The molecule has 0 unspecified atom stereocenters. The summed E-state index contributed by atoms with van der Waals surface area (Å²) in [5.74, 6) is 1.86. The molecular formula is C30H31N5O5. The van der Waals surface area contributed by atoms with Crippen molar-refractivity contribution in [3.8, 4) is 17.2 Å². The lowest BCUT2D eigenvalue weighted by Crippen LogP contribution is -2.45. The van der Waals surface area contributed by atoms with Crippen molar-refractivity contribution < 1.29 is 23.8 Å². The summed E-state index contributed by atoms with van der Waals surface area (Å²) in [6.45, 7) is 1.98. The van der Waals surface area contributed by atoms with Crippen molar-refractivity contribution in [2.45, 2.75) is 25.2 Å². The van der Waals surface area contributed by atoms with Crippen molar-refractivity contribution in [1.82, 2.24) is 25.1 Å². The van der Waals surface area contributed by atoms with E-state index in [0.717, 1.165) is 22.4 Å². The zero-order chi connectivity index (χ0) is 27.6. The Hall–Kier alpha value is -4.57. The van der Waals surface area contributed by atoms with Gasteiger partial charge in [0.1, 0.15) is 17.7 Å². The summed E-state index contributed by atoms with van der Waals surface area (Å²) in [5, 5.41) is 6.02. The molecule has 4 bridgehead atoms. The molecule has 10 heteroatoms. The second-order valence-corrected chi connectivity index (χ2v) is 10.1. The molecule has 4 aromatic rings. The smallest absolute Gasteiger partial charge is 0.258 e. The number of likely N-dealkylation sites (tertiary alicyclic amines) is 1. The lowest BCUT2D eigenvalue weighted by atomic mass is 10.1. The summed E-state index contributed by atoms with van der Waals surface area (Å²) >= 11 is 0. The van der Waals surface area contributed by atoms with Crippen LogP contribution in [0, 0.1) is 0 Å². The number of nitrogens with one attached hydrogen (secondary N) is 2. The zero-order valence-corrected chi connectivity index (χ0v) is 22.4. The van der Waals surface area contributed by atoms with Gasteiger partial charge >= 0.3 is 0 Å². The molecule has 0 saturated carbocycles. The number of carbonyl (C=O) groups is 2. The highest BCUT2D eigenvalue weighted by Gasteiger charge is 2.36. The first-order valence-electron chi connectivity index (χ1n) is 13.2. The fourth-order valence-corrected chi connectivity index (χ4v) is 5.21. The molecule has 2 amide bonds. The maximum atomic E-state index is 13.4. The Balaban J connectivity index is 1.28. The van der Waals surface area contributed by atoms with Crippen LogP contribution < -0.4 is 24.8 Å². The molecule has 40 heavy (non-hydrogen) atoms. The molecule has 3 aliphatic heterocycles. The van der Waals surface area contributed by atoms with Crippen molar-refractivity contribution in [3.05, 3.63) is 83.7 Å². The maximum absolute atomic E-state index is 13.4. The van der Waals surface area contributed by atoms with E-state index >= 15 is 0 Å². The van der Waals surface area contributed by atoms with Gasteiger partial charge in [0.2, 0.25) is 0 Å². The van der Waals surface area contributed by atoms with E-state index in [1.807, 2.05) is 49.5 Å². The lowest BCUT2D eigenvalue weighted by Gasteiger charge is -2.21. The molecule has 1 fully saturated rings. The Morgan fingerprint density at radius 2 is 1.88 bits per heavy atom. The molecule has 0 spiro atoms. The van der Waals surface area contributed by atoms with Crippen LogP contribution in [0.1, 0.15) is 21.7 Å². The van der Waals surface area contributed by atoms with Gasteiger partial charge in [-0.05, 0) is 48.0 Å². The largest absolute Gasteiger partial charge is 0.493 e. The molecule has 3 aliphatic rings. The second kappa shape index (κ2) is 10.9. The molecule has 1 saturated heterocycles. The van der Waals surface area contributed by atoms with Crippen LogP contribution in [-0.4, -0.2) is 65.2 Å². The van der Waals surface area contributed by atoms with E-state index in [4.69, 9.17) is 19.2 Å². The number of aromatic nitrogens is 2. The van der Waals surface area contributed by atoms with E-state index in [1.54, 1.807) is 18.2 Å². The van der Waals surface area contributed by atoms with E-state index in [0.29, 0.717) is 49.0 Å². The van der Waals surface area contributed by atoms with Gasteiger partial charge in [0.15, 0.2) is 18.1 Å². The second-order valence-electron chi connectivity index (χ2n) is 10.1. The molecule has 4 heterocycles. The van der Waals surface area contributed by atoms with E-state index in [9.17, 15) is 9.59 Å². The van der Waals surface area contributed by atoms with Crippen molar-refractivity contribution in [3.63, 3.8) is 0 Å². The van der Waals surface area contributed by atoms with Crippen LogP contribution in [-0.2, 0) is 24.9 Å². The van der Waals surface area contributed by atoms with Crippen LogP contribution >= 0.6 is 0 Å². The van der Waals surface area contributed by atoms with E-state index < -0.39 is 0 Å². The number of hydrogen-bond acceptors (Lipinski definition) is 7. The predicted molar refractivity (Wildman–Crippen MR) is 148 cm³/mol. The van der Waals surface area contributed by atoms with Crippen molar-refractivity contribution in [1.29, 1.82) is 0 Å². The van der Waals surface area contributed by atoms with Gasteiger partial charge in [-0.25, -0.2) is 4.98 Å². The average Bonchev–Trinajstić information content (AvgIpc) is 3.49. The van der Waals surface area contributed by atoms with Crippen molar-refractivity contribution >= 4 is 22.8 Å². The van der Waals surface area contributed by atoms with Crippen LogP contribution in [0.4, 0.5) is 0 Å². The summed E-state index contributed by atoms with van der Waals surface area (Å²) in [6.07, 6.45) is -0.283. The van der Waals surface area contributed by atoms with Gasteiger partial charge in [-0.15, -0.1) is 0 Å². The highest BCUT2D eigenvalue weighted by atomic mass is 16.5. The molecule has 2 N–H and O–H groups in total. The third-order valence-electron chi connectivity index (χ3n) is 7.39. The van der Waals surface area contributed by atoms with Gasteiger partial charge in [0.25, 0.3) is 11.8 Å². The van der Waals surface area contributed by atoms with Crippen LogP contribution in [0.25, 0.3) is 11.0 Å². The third kappa shape index (κ3) is 5.30. The molecule has 3 aromatic carbocycles. The Bertz CT molecular complexity index is 1550. The van der Waals surface area contributed by atoms with E-state index in [2.05, 4.69) is 26.2 Å². The number of fused-ring (bicyclic) bond motifs is 8. The normalized spacial score (nSPS) is 19.8. The highest BCUT2D eigenvalue weighted by molar-refractivity contribution is 5.95. The Kier molecular flexibility index (Phi) is 7.00. The number of methoxy groups -OCH3 is 1. The Morgan fingerprint density at radius 3 is 2.67 bits per heavy atom. The first-order chi connectivity index (χ1) is 19.5. The summed E-state index contributed by atoms with van der Waals surface area (Å²) in [5.41, 5.74) is 3.37. The monoisotopic (exact) mass is 541 g/mol. The van der Waals surface area contributed by atoms with Crippen LogP contribution in [0.5, 0.6) is 17.2 Å². The number of nitrogens with zero attached hydrogens (tertiary/aromatic N) is 3. The number of ether oxygens (including phenoxy) is 3. The minimum Gasteiger partial charge on any atom is -0.493 e. The number of rotatable bonds is 3. The first kappa shape index (κ1) is 25.7. The quantitative estimate of drug-likeness (QED) is 0.411. The fourth-order valence-electron chi connectivity index (χ4n) is 5.21. The number of hydrogen-bond donors (Lipinski definition) is 2. The molecule has 0 radical (unpaired) electrons. The SMILES string of the molecule is COc1ccc2cc1OCC(=O)NCc1ccc(cc1)O[C@H]1CN(Cc3nc4ccccc4n3C)C[C@@H]1NC2=O. The lowest BCUT2D eigenvalue weighted by molar-refractivity contribution is -0.123. The minimum atomic E-state index is -0.283. The number of aryl methyl sites for hydroxylation is 1. The Labute approximate surface area is 231 Å². The topological polar surface area (TPSA) is 107 Å². The Morgan fingerprint density at radius 1 is 1.05 bits per heavy atom. The standard InChI is InChI=1S/C30H31N5O5/c1-34-24-6-4-3-5-22(24)32-28(34)17-35-15-23-27(16-35)40-21-10-7-19(8-11-21)14-31-29(36)18-39-26-13-20(30(37)33-23)9-12-25(26)38-2/h3-13,23,27H,14-18H2,1-2H3,(H,31,36)(H,33,37)/t23-,27-/m0/s1. The number of para-hydroxylation sites is 2. The van der Waals surface area contributed by atoms with Gasteiger partial charge in [0.05, 0.1) is 30.7 Å². The van der Waals surface area contributed by atoms with Gasteiger partial charge in [-0.3, -0.25) is 14.5 Å². The summed E-state index contributed by atoms with van der Waals surface area (Å²) in [6, 6.07) is 20.3. The van der Waals surface area contributed by atoms with Crippen LogP contribution in [0.3, 0.4) is 0 Å². The molecule has 2 atom stereocenters. The van der Waals surface area contributed by atoms with Gasteiger partial charge in [-0.1, -0.05) is 24.3 Å². The molecule has 206 valence electrons. The highest BCUT2D eigenvalue weighted by Crippen LogP contribution is 2.29. The van der Waals surface area contributed by atoms with Gasteiger partial charge in [0, 0.05) is 32.2 Å². The van der Waals surface area contributed by atoms with Crippen molar-refractivity contribution in [2.24, 2.45) is 7.05 Å². The average molecular weight is 542 g/mol. The molecule has 7 rings (SSSR count). The van der Waals surface area contributed by atoms with Crippen LogP contribution in [0.2, 0.25) is 0 Å². The van der Waals surface area contributed by atoms with E-state index in [-0.39, 0.29) is 30.6 Å². The summed E-state index contributed by atoms with van der Waals surface area (Å²) in [4.78, 5) is 32.9. The molecular weight excluding hydrogens is 510 g/mol.